The third-order valence-corrected chi connectivity index (χ3v) is 7.09. The first-order valence-corrected chi connectivity index (χ1v) is 11.2. The minimum atomic E-state index is -3.37. The summed E-state index contributed by atoms with van der Waals surface area (Å²) in [5.74, 6) is -0.122. The maximum atomic E-state index is 12.7. The number of carbonyl (C=O) groups excluding carboxylic acids is 1. The molecule has 2 aromatic carbocycles. The fraction of sp³-hybridized carbons (Fsp3) is 0.333. The predicted molar refractivity (Wildman–Crippen MR) is 111 cm³/mol. The second-order valence-corrected chi connectivity index (χ2v) is 9.17. The molecular formula is C21H25N4O3S+. The summed E-state index contributed by atoms with van der Waals surface area (Å²) in [5, 5.41) is 11.7. The number of amides is 1. The van der Waals surface area contributed by atoms with Crippen LogP contribution in [0.4, 0.5) is 5.69 Å². The summed E-state index contributed by atoms with van der Waals surface area (Å²) in [5.41, 5.74) is 1.95. The second-order valence-electron chi connectivity index (χ2n) is 7.20. The van der Waals surface area contributed by atoms with Crippen molar-refractivity contribution in [2.45, 2.75) is 18.7 Å². The molecule has 1 aliphatic heterocycles. The SMILES string of the molecule is C[C@@H](C(=O)Nc1ccc(C#N)cc1)[NH+]1CCN(S(=O)(=O)Cc2ccccc2)CC1. The zero-order valence-electron chi connectivity index (χ0n) is 16.3. The molecule has 0 aliphatic carbocycles. The number of sulfonamides is 1. The van der Waals surface area contributed by atoms with E-state index in [0.717, 1.165) is 10.5 Å². The maximum Gasteiger partial charge on any atom is 0.282 e. The van der Waals surface area contributed by atoms with E-state index in [1.807, 2.05) is 43.3 Å². The van der Waals surface area contributed by atoms with Crippen LogP contribution in [0.25, 0.3) is 0 Å². The van der Waals surface area contributed by atoms with E-state index < -0.39 is 10.0 Å². The molecule has 2 aromatic rings. The average molecular weight is 414 g/mol. The molecule has 7 nitrogen and oxygen atoms in total. The molecule has 1 fully saturated rings. The van der Waals surface area contributed by atoms with Crippen molar-refractivity contribution in [2.24, 2.45) is 0 Å². The number of nitriles is 1. The highest BCUT2D eigenvalue weighted by molar-refractivity contribution is 7.88. The van der Waals surface area contributed by atoms with Crippen molar-refractivity contribution in [3.05, 3.63) is 65.7 Å². The zero-order valence-corrected chi connectivity index (χ0v) is 17.2. The van der Waals surface area contributed by atoms with E-state index in [2.05, 4.69) is 5.32 Å². The molecule has 1 heterocycles. The van der Waals surface area contributed by atoms with Crippen LogP contribution in [-0.4, -0.2) is 50.9 Å². The van der Waals surface area contributed by atoms with Gasteiger partial charge in [-0.15, -0.1) is 0 Å². The fourth-order valence-corrected chi connectivity index (χ4v) is 4.96. The van der Waals surface area contributed by atoms with E-state index in [1.54, 1.807) is 24.3 Å². The van der Waals surface area contributed by atoms with Crippen LogP contribution in [0.2, 0.25) is 0 Å². The lowest BCUT2D eigenvalue weighted by Gasteiger charge is -2.34. The zero-order chi connectivity index (χ0) is 20.9. The average Bonchev–Trinajstić information content (AvgIpc) is 2.74. The molecule has 1 atom stereocenters. The van der Waals surface area contributed by atoms with E-state index in [9.17, 15) is 13.2 Å². The quantitative estimate of drug-likeness (QED) is 0.726. The highest BCUT2D eigenvalue weighted by atomic mass is 32.2. The Labute approximate surface area is 171 Å². The van der Waals surface area contributed by atoms with Crippen molar-refractivity contribution in [3.8, 4) is 6.07 Å². The first-order valence-electron chi connectivity index (χ1n) is 9.56. The van der Waals surface area contributed by atoms with Gasteiger partial charge in [0, 0.05) is 5.69 Å². The van der Waals surface area contributed by atoms with Gasteiger partial charge in [-0.3, -0.25) is 4.79 Å². The van der Waals surface area contributed by atoms with Gasteiger partial charge in [0.15, 0.2) is 6.04 Å². The lowest BCUT2D eigenvalue weighted by molar-refractivity contribution is -0.917. The van der Waals surface area contributed by atoms with Crippen LogP contribution in [0.3, 0.4) is 0 Å². The highest BCUT2D eigenvalue weighted by Crippen LogP contribution is 2.11. The highest BCUT2D eigenvalue weighted by Gasteiger charge is 2.33. The Balaban J connectivity index is 1.53. The Kier molecular flexibility index (Phi) is 6.64. The number of nitrogens with zero attached hydrogens (tertiary/aromatic N) is 2. The van der Waals surface area contributed by atoms with Crippen LogP contribution >= 0.6 is 0 Å². The fourth-order valence-electron chi connectivity index (χ4n) is 3.42. The van der Waals surface area contributed by atoms with Crippen LogP contribution < -0.4 is 10.2 Å². The van der Waals surface area contributed by atoms with Crippen LogP contribution in [0.1, 0.15) is 18.1 Å². The van der Waals surface area contributed by atoms with E-state index >= 15 is 0 Å². The predicted octanol–water partition coefficient (Wildman–Crippen LogP) is 0.616. The molecule has 152 valence electrons. The number of hydrogen-bond acceptors (Lipinski definition) is 4. The number of piperazine rings is 1. The van der Waals surface area contributed by atoms with Gasteiger partial charge in [0.05, 0.1) is 43.6 Å². The summed E-state index contributed by atoms with van der Waals surface area (Å²) in [6.45, 7) is 3.81. The van der Waals surface area contributed by atoms with Gasteiger partial charge >= 0.3 is 0 Å². The number of carbonyl (C=O) groups is 1. The monoisotopic (exact) mass is 413 g/mol. The van der Waals surface area contributed by atoms with Crippen molar-refractivity contribution in [3.63, 3.8) is 0 Å². The van der Waals surface area contributed by atoms with Crippen molar-refractivity contribution in [2.75, 3.05) is 31.5 Å². The molecule has 2 N–H and O–H groups in total. The van der Waals surface area contributed by atoms with Crippen LogP contribution in [-0.2, 0) is 20.6 Å². The Morgan fingerprint density at radius 1 is 1.14 bits per heavy atom. The summed E-state index contributed by atoms with van der Waals surface area (Å²) in [7, 11) is -3.37. The largest absolute Gasteiger partial charge is 0.323 e. The summed E-state index contributed by atoms with van der Waals surface area (Å²) in [6, 6.07) is 17.6. The van der Waals surface area contributed by atoms with Crippen molar-refractivity contribution in [1.29, 1.82) is 5.26 Å². The molecule has 1 amide bonds. The van der Waals surface area contributed by atoms with E-state index in [0.29, 0.717) is 37.4 Å². The van der Waals surface area contributed by atoms with Gasteiger partial charge in [-0.1, -0.05) is 30.3 Å². The van der Waals surface area contributed by atoms with E-state index in [1.165, 1.54) is 4.31 Å². The maximum absolute atomic E-state index is 12.7. The van der Waals surface area contributed by atoms with Crippen molar-refractivity contribution >= 4 is 21.6 Å². The van der Waals surface area contributed by atoms with E-state index in [4.69, 9.17) is 5.26 Å². The number of benzene rings is 2. The van der Waals surface area contributed by atoms with Crippen LogP contribution in [0.5, 0.6) is 0 Å². The standard InChI is InChI=1S/C21H24N4O3S/c1-17(21(26)23-20-9-7-18(15-22)8-10-20)24-11-13-25(14-12-24)29(27,28)16-19-5-3-2-4-6-19/h2-10,17H,11-14,16H2,1H3,(H,23,26)/p+1/t17-/m0/s1. The van der Waals surface area contributed by atoms with Crippen molar-refractivity contribution in [1.82, 2.24) is 4.31 Å². The molecular weight excluding hydrogens is 388 g/mol. The lowest BCUT2D eigenvalue weighted by Crippen LogP contribution is -3.19. The third-order valence-electron chi connectivity index (χ3n) is 5.24. The van der Waals surface area contributed by atoms with E-state index in [-0.39, 0.29) is 17.7 Å². The second kappa shape index (κ2) is 9.18. The van der Waals surface area contributed by atoms with Gasteiger partial charge in [-0.05, 0) is 36.8 Å². The molecule has 0 radical (unpaired) electrons. The molecule has 1 saturated heterocycles. The van der Waals surface area contributed by atoms with Gasteiger partial charge in [0.2, 0.25) is 10.0 Å². The number of anilines is 1. The third kappa shape index (κ3) is 5.41. The summed E-state index contributed by atoms with van der Waals surface area (Å²) < 4.78 is 26.9. The number of nitrogens with one attached hydrogen (secondary N) is 2. The number of rotatable bonds is 6. The van der Waals surface area contributed by atoms with Gasteiger partial charge in [-0.25, -0.2) is 8.42 Å². The first-order chi connectivity index (χ1) is 13.9. The summed E-state index contributed by atoms with van der Waals surface area (Å²) in [6.07, 6.45) is 0. The Morgan fingerprint density at radius 3 is 2.34 bits per heavy atom. The Bertz CT molecular complexity index is 977. The molecule has 1 aliphatic rings. The van der Waals surface area contributed by atoms with Crippen LogP contribution in [0, 0.1) is 11.3 Å². The normalized spacial score (nSPS) is 16.7. The van der Waals surface area contributed by atoms with Gasteiger partial charge in [0.1, 0.15) is 0 Å². The smallest absolute Gasteiger partial charge is 0.282 e. The molecule has 0 saturated carbocycles. The van der Waals surface area contributed by atoms with Gasteiger partial charge in [0.25, 0.3) is 5.91 Å². The van der Waals surface area contributed by atoms with Crippen LogP contribution in [0.15, 0.2) is 54.6 Å². The minimum absolute atomic E-state index is 0.00208. The molecule has 8 heteroatoms. The van der Waals surface area contributed by atoms with Gasteiger partial charge in [-0.2, -0.15) is 9.57 Å². The molecule has 3 rings (SSSR count). The lowest BCUT2D eigenvalue weighted by atomic mass is 10.2. The Hall–Kier alpha value is -2.73. The molecule has 29 heavy (non-hydrogen) atoms. The first kappa shape index (κ1) is 21.0. The van der Waals surface area contributed by atoms with Crippen molar-refractivity contribution < 1.29 is 18.1 Å². The Morgan fingerprint density at radius 2 is 1.76 bits per heavy atom. The number of quaternary nitrogens is 1. The summed E-state index contributed by atoms with van der Waals surface area (Å²) >= 11 is 0. The molecule has 0 bridgehead atoms. The van der Waals surface area contributed by atoms with Gasteiger partial charge < -0.3 is 10.2 Å². The topological polar surface area (TPSA) is 94.7 Å². The number of hydrogen-bond donors (Lipinski definition) is 2. The molecule has 0 unspecified atom stereocenters. The molecule has 0 spiro atoms. The summed E-state index contributed by atoms with van der Waals surface area (Å²) in [4.78, 5) is 13.6. The molecule has 0 aromatic heterocycles. The minimum Gasteiger partial charge on any atom is -0.323 e.